The van der Waals surface area contributed by atoms with Crippen molar-refractivity contribution >= 4 is 29.0 Å². The number of halogens is 2. The van der Waals surface area contributed by atoms with E-state index in [9.17, 15) is 0 Å². The van der Waals surface area contributed by atoms with E-state index in [4.69, 9.17) is 32.7 Å². The maximum Gasteiger partial charge on any atom is 0.226 e. The fraction of sp³-hybridized carbons (Fsp3) is 0.600. The van der Waals surface area contributed by atoms with Gasteiger partial charge in [-0.3, -0.25) is 0 Å². The average Bonchev–Trinajstić information content (AvgIpc) is 2.28. The van der Waals surface area contributed by atoms with Gasteiger partial charge in [0.05, 0.1) is 25.3 Å². The predicted octanol–water partition coefficient (Wildman–Crippen LogP) is 1.77. The van der Waals surface area contributed by atoms with E-state index < -0.39 is 0 Å². The van der Waals surface area contributed by atoms with E-state index in [1.165, 1.54) is 0 Å². The molecule has 0 aliphatic carbocycles. The third kappa shape index (κ3) is 1.82. The van der Waals surface area contributed by atoms with E-state index in [1.807, 2.05) is 0 Å². The van der Waals surface area contributed by atoms with Crippen LogP contribution in [-0.2, 0) is 4.74 Å². The third-order valence-corrected chi connectivity index (χ3v) is 3.41. The van der Waals surface area contributed by atoms with Crippen LogP contribution in [0.4, 0.5) is 5.82 Å². The highest BCUT2D eigenvalue weighted by atomic mass is 35.5. The molecular weight excluding hydrogens is 265 g/mol. The standard InChI is InChI=1S/C10H11Cl2N3O2/c1-5-2-16-3-6-4-17-7-8(11)13-10(12)14-9(7)15(5)6/h5-6H,2-4H2,1H3/t5-,6+/m1/s1. The van der Waals surface area contributed by atoms with Crippen LogP contribution in [0.3, 0.4) is 0 Å². The lowest BCUT2D eigenvalue weighted by Gasteiger charge is -2.44. The fourth-order valence-electron chi connectivity index (χ4n) is 2.27. The summed E-state index contributed by atoms with van der Waals surface area (Å²) in [5.41, 5.74) is 0. The number of ether oxygens (including phenoxy) is 2. The highest BCUT2D eigenvalue weighted by Gasteiger charge is 2.37. The molecule has 5 nitrogen and oxygen atoms in total. The first-order chi connectivity index (χ1) is 8.16. The topological polar surface area (TPSA) is 47.5 Å². The Hall–Kier alpha value is -0.780. The highest BCUT2D eigenvalue weighted by molar-refractivity contribution is 6.33. The van der Waals surface area contributed by atoms with Gasteiger partial charge in [0.1, 0.15) is 6.61 Å². The number of fused-ring (bicyclic) bond motifs is 3. The van der Waals surface area contributed by atoms with Crippen LogP contribution in [0.25, 0.3) is 0 Å². The van der Waals surface area contributed by atoms with E-state index in [0.29, 0.717) is 31.4 Å². The van der Waals surface area contributed by atoms with Gasteiger partial charge in [-0.1, -0.05) is 11.6 Å². The number of morpholine rings is 1. The van der Waals surface area contributed by atoms with E-state index in [2.05, 4.69) is 21.8 Å². The summed E-state index contributed by atoms with van der Waals surface area (Å²) in [6.45, 7) is 3.89. The minimum absolute atomic E-state index is 0.136. The van der Waals surface area contributed by atoms with Gasteiger partial charge in [-0.2, -0.15) is 4.98 Å². The lowest BCUT2D eigenvalue weighted by Crippen LogP contribution is -2.56. The van der Waals surface area contributed by atoms with Crippen molar-refractivity contribution < 1.29 is 9.47 Å². The first-order valence-corrected chi connectivity index (χ1v) is 6.14. The molecule has 0 amide bonds. The first-order valence-electron chi connectivity index (χ1n) is 5.38. The Kier molecular flexibility index (Phi) is 2.77. The summed E-state index contributed by atoms with van der Waals surface area (Å²) in [4.78, 5) is 10.3. The van der Waals surface area contributed by atoms with Gasteiger partial charge >= 0.3 is 0 Å². The zero-order valence-corrected chi connectivity index (χ0v) is 10.7. The summed E-state index contributed by atoms with van der Waals surface area (Å²) in [5, 5.41) is 0.397. The molecule has 0 bridgehead atoms. The van der Waals surface area contributed by atoms with E-state index >= 15 is 0 Å². The van der Waals surface area contributed by atoms with Crippen molar-refractivity contribution in [1.82, 2.24) is 9.97 Å². The SMILES string of the molecule is C[C@@H]1COC[C@H]2COc3c(Cl)nc(Cl)nc3N21. The van der Waals surface area contributed by atoms with Crippen molar-refractivity contribution in [2.45, 2.75) is 19.0 Å². The predicted molar refractivity (Wildman–Crippen MR) is 64.1 cm³/mol. The van der Waals surface area contributed by atoms with Gasteiger partial charge in [-0.15, -0.1) is 0 Å². The van der Waals surface area contributed by atoms with Gasteiger partial charge in [0.2, 0.25) is 5.28 Å². The number of aromatic nitrogens is 2. The Bertz CT molecular complexity index is 457. The molecule has 17 heavy (non-hydrogen) atoms. The molecule has 1 aromatic rings. The molecule has 3 rings (SSSR count). The largest absolute Gasteiger partial charge is 0.485 e. The van der Waals surface area contributed by atoms with Gasteiger partial charge in [0, 0.05) is 0 Å². The van der Waals surface area contributed by atoms with Crippen molar-refractivity contribution in [3.05, 3.63) is 10.4 Å². The fourth-order valence-corrected chi connectivity index (χ4v) is 2.70. The van der Waals surface area contributed by atoms with Crippen molar-refractivity contribution in [3.8, 4) is 5.75 Å². The summed E-state index contributed by atoms with van der Waals surface area (Å²) in [5.74, 6) is 1.18. The Morgan fingerprint density at radius 2 is 2.06 bits per heavy atom. The molecule has 7 heteroatoms. The summed E-state index contributed by atoms with van der Waals surface area (Å²) < 4.78 is 11.1. The monoisotopic (exact) mass is 275 g/mol. The highest BCUT2D eigenvalue weighted by Crippen LogP contribution is 2.39. The van der Waals surface area contributed by atoms with Crippen molar-refractivity contribution in [1.29, 1.82) is 0 Å². The molecule has 92 valence electrons. The van der Waals surface area contributed by atoms with Gasteiger partial charge in [0.15, 0.2) is 16.7 Å². The third-order valence-electron chi connectivity index (χ3n) is 2.98. The molecular formula is C10H11Cl2N3O2. The van der Waals surface area contributed by atoms with Crippen LogP contribution in [0.15, 0.2) is 0 Å². The van der Waals surface area contributed by atoms with E-state index in [0.717, 1.165) is 0 Å². The zero-order chi connectivity index (χ0) is 12.0. The molecule has 0 N–H and O–H groups in total. The minimum Gasteiger partial charge on any atom is -0.485 e. The number of rotatable bonds is 0. The van der Waals surface area contributed by atoms with Crippen LogP contribution in [0, 0.1) is 0 Å². The number of anilines is 1. The second-order valence-electron chi connectivity index (χ2n) is 4.19. The molecule has 0 aromatic carbocycles. The maximum atomic E-state index is 6.01. The summed E-state index contributed by atoms with van der Waals surface area (Å²) in [7, 11) is 0. The van der Waals surface area contributed by atoms with E-state index in [1.54, 1.807) is 0 Å². The summed E-state index contributed by atoms with van der Waals surface area (Å²) in [6.07, 6.45) is 0. The van der Waals surface area contributed by atoms with Crippen molar-refractivity contribution in [3.63, 3.8) is 0 Å². The second kappa shape index (κ2) is 4.15. The zero-order valence-electron chi connectivity index (χ0n) is 9.19. The molecule has 0 saturated carbocycles. The summed E-state index contributed by atoms with van der Waals surface area (Å²) >= 11 is 11.8. The lowest BCUT2D eigenvalue weighted by atomic mass is 10.1. The number of hydrogen-bond acceptors (Lipinski definition) is 5. The lowest BCUT2D eigenvalue weighted by molar-refractivity contribution is 0.0486. The Balaban J connectivity index is 2.09. The molecule has 2 aliphatic rings. The van der Waals surface area contributed by atoms with Crippen LogP contribution in [-0.4, -0.2) is 41.9 Å². The van der Waals surface area contributed by atoms with Crippen LogP contribution in [0.5, 0.6) is 5.75 Å². The van der Waals surface area contributed by atoms with Gasteiger partial charge in [0.25, 0.3) is 0 Å². The Morgan fingerprint density at radius 3 is 2.88 bits per heavy atom. The molecule has 0 spiro atoms. The quantitative estimate of drug-likeness (QED) is 0.534. The van der Waals surface area contributed by atoms with Crippen molar-refractivity contribution in [2.24, 2.45) is 0 Å². The number of hydrogen-bond donors (Lipinski definition) is 0. The molecule has 1 fully saturated rings. The molecule has 0 radical (unpaired) electrons. The van der Waals surface area contributed by atoms with Crippen LogP contribution in [0.1, 0.15) is 6.92 Å². The van der Waals surface area contributed by atoms with E-state index in [-0.39, 0.29) is 22.5 Å². The van der Waals surface area contributed by atoms with Crippen LogP contribution < -0.4 is 9.64 Å². The molecule has 2 atom stereocenters. The maximum absolute atomic E-state index is 6.01. The summed E-state index contributed by atoms with van der Waals surface area (Å²) in [6, 6.07) is 0.381. The van der Waals surface area contributed by atoms with Gasteiger partial charge < -0.3 is 14.4 Å². The van der Waals surface area contributed by atoms with Crippen LogP contribution >= 0.6 is 23.2 Å². The molecule has 1 saturated heterocycles. The molecule has 1 aromatic heterocycles. The average molecular weight is 276 g/mol. The minimum atomic E-state index is 0.136. The van der Waals surface area contributed by atoms with Crippen molar-refractivity contribution in [2.75, 3.05) is 24.7 Å². The first kappa shape index (κ1) is 11.3. The second-order valence-corrected chi connectivity index (χ2v) is 4.89. The van der Waals surface area contributed by atoms with Gasteiger partial charge in [-0.05, 0) is 18.5 Å². The molecule has 2 aliphatic heterocycles. The molecule has 0 unspecified atom stereocenters. The Labute approximate surface area is 109 Å². The smallest absolute Gasteiger partial charge is 0.226 e. The Morgan fingerprint density at radius 1 is 1.24 bits per heavy atom. The normalized spacial score (nSPS) is 27.1. The van der Waals surface area contributed by atoms with Gasteiger partial charge in [-0.25, -0.2) is 4.98 Å². The molecule has 3 heterocycles. The van der Waals surface area contributed by atoms with Crippen LogP contribution in [0.2, 0.25) is 10.4 Å². The number of nitrogens with zero attached hydrogens (tertiary/aromatic N) is 3.